The molecule has 1 aliphatic heterocycles. The van der Waals surface area contributed by atoms with Crippen LogP contribution in [-0.4, -0.2) is 34.4 Å². The molecule has 0 aliphatic carbocycles. The monoisotopic (exact) mass is 435 g/mol. The first-order chi connectivity index (χ1) is 15.0. The van der Waals surface area contributed by atoms with Crippen LogP contribution in [0.3, 0.4) is 0 Å². The van der Waals surface area contributed by atoms with Gasteiger partial charge in [0.25, 0.3) is 0 Å². The van der Waals surface area contributed by atoms with Gasteiger partial charge < -0.3 is 14.8 Å². The third kappa shape index (κ3) is 4.83. The third-order valence-electron chi connectivity index (χ3n) is 5.98. The molecule has 1 aromatic heterocycles. The lowest BCUT2D eigenvalue weighted by Crippen LogP contribution is -2.52. The van der Waals surface area contributed by atoms with E-state index in [4.69, 9.17) is 11.6 Å². The number of amides is 2. The first-order valence-electron chi connectivity index (χ1n) is 10.5. The Kier molecular flexibility index (Phi) is 6.42. The molecular weight excluding hydrogens is 410 g/mol. The summed E-state index contributed by atoms with van der Waals surface area (Å²) in [5.74, 6) is -0.175. The maximum absolute atomic E-state index is 13.5. The van der Waals surface area contributed by atoms with E-state index in [2.05, 4.69) is 9.88 Å². The van der Waals surface area contributed by atoms with Crippen molar-refractivity contribution in [3.05, 3.63) is 94.8 Å². The number of rotatable bonds is 6. The van der Waals surface area contributed by atoms with E-state index in [0.717, 1.165) is 16.7 Å². The molecule has 2 unspecified atom stereocenters. The third-order valence-corrected chi connectivity index (χ3v) is 6.23. The largest absolute Gasteiger partial charge is 0.357 e. The first-order valence-corrected chi connectivity index (χ1v) is 10.9. The van der Waals surface area contributed by atoms with Gasteiger partial charge in [-0.2, -0.15) is 0 Å². The number of nitrogens with zero attached hydrogens (tertiary/aromatic N) is 2. The minimum Gasteiger partial charge on any atom is -0.357 e. The predicted molar refractivity (Wildman–Crippen MR) is 122 cm³/mol. The average Bonchev–Trinajstić information content (AvgIpc) is 3.31. The lowest BCUT2D eigenvalue weighted by Gasteiger charge is -2.36. The van der Waals surface area contributed by atoms with Crippen LogP contribution in [0.25, 0.3) is 0 Å². The number of halogens is 1. The number of benzene rings is 2. The molecule has 2 amide bonds. The molecule has 4 rings (SSSR count). The smallest absolute Gasteiger partial charge is 0.242 e. The van der Waals surface area contributed by atoms with Gasteiger partial charge in [0.15, 0.2) is 0 Å². The fraction of sp³-hybridized carbons (Fsp3) is 0.280. The average molecular weight is 436 g/mol. The fourth-order valence-corrected chi connectivity index (χ4v) is 4.41. The molecule has 1 N–H and O–H groups in total. The molecule has 2 atom stereocenters. The summed E-state index contributed by atoms with van der Waals surface area (Å²) in [4.78, 5) is 27.9. The molecule has 3 aromatic rings. The van der Waals surface area contributed by atoms with E-state index in [1.165, 1.54) is 0 Å². The van der Waals surface area contributed by atoms with Crippen LogP contribution in [0.2, 0.25) is 5.02 Å². The van der Waals surface area contributed by atoms with Crippen LogP contribution in [0, 0.1) is 0 Å². The maximum Gasteiger partial charge on any atom is 0.242 e. The van der Waals surface area contributed by atoms with Crippen LogP contribution in [-0.2, 0) is 29.1 Å². The second kappa shape index (κ2) is 9.40. The zero-order valence-corrected chi connectivity index (χ0v) is 18.3. The van der Waals surface area contributed by atoms with Crippen LogP contribution in [0.5, 0.6) is 0 Å². The molecule has 0 fully saturated rings. The van der Waals surface area contributed by atoms with Gasteiger partial charge in [0.1, 0.15) is 6.04 Å². The molecule has 6 heteroatoms. The highest BCUT2D eigenvalue weighted by atomic mass is 35.5. The molecule has 0 bridgehead atoms. The van der Waals surface area contributed by atoms with Crippen LogP contribution in [0.15, 0.2) is 73.1 Å². The second-order valence-corrected chi connectivity index (χ2v) is 8.39. The van der Waals surface area contributed by atoms with Gasteiger partial charge in [-0.1, -0.05) is 48.0 Å². The number of fused-ring (bicyclic) bond motifs is 1. The van der Waals surface area contributed by atoms with Gasteiger partial charge in [-0.05, 0) is 41.0 Å². The zero-order valence-electron chi connectivity index (χ0n) is 17.5. The van der Waals surface area contributed by atoms with E-state index in [1.807, 2.05) is 73.1 Å². The van der Waals surface area contributed by atoms with Gasteiger partial charge in [-0.25, -0.2) is 0 Å². The summed E-state index contributed by atoms with van der Waals surface area (Å²) in [5.41, 5.74) is 3.28. The highest BCUT2D eigenvalue weighted by Crippen LogP contribution is 2.29. The second-order valence-electron chi connectivity index (χ2n) is 7.96. The molecule has 31 heavy (non-hydrogen) atoms. The van der Waals surface area contributed by atoms with Gasteiger partial charge in [0, 0.05) is 56.3 Å². The molecule has 0 saturated heterocycles. The number of likely N-dealkylation sites (N-methyl/N-ethyl adjacent to an activating group) is 1. The Labute approximate surface area is 187 Å². The molecule has 2 heterocycles. The number of carbonyl (C=O) groups is 2. The van der Waals surface area contributed by atoms with Gasteiger partial charge >= 0.3 is 0 Å². The Bertz CT molecular complexity index is 1050. The fourth-order valence-electron chi connectivity index (χ4n) is 4.28. The molecule has 5 nitrogen and oxygen atoms in total. The topological polar surface area (TPSA) is 54.3 Å². The Balaban J connectivity index is 1.60. The van der Waals surface area contributed by atoms with Crippen molar-refractivity contribution in [2.24, 2.45) is 0 Å². The van der Waals surface area contributed by atoms with E-state index in [-0.39, 0.29) is 17.7 Å². The summed E-state index contributed by atoms with van der Waals surface area (Å²) in [7, 11) is 1.62. The van der Waals surface area contributed by atoms with Crippen molar-refractivity contribution in [2.75, 3.05) is 7.05 Å². The lowest BCUT2D eigenvalue weighted by molar-refractivity contribution is -0.142. The van der Waals surface area contributed by atoms with Gasteiger partial charge in [-0.15, -0.1) is 0 Å². The Morgan fingerprint density at radius 1 is 1.03 bits per heavy atom. The van der Waals surface area contributed by atoms with E-state index in [9.17, 15) is 9.59 Å². The minimum absolute atomic E-state index is 0.0183. The Morgan fingerprint density at radius 2 is 1.71 bits per heavy atom. The summed E-state index contributed by atoms with van der Waals surface area (Å²) >= 11 is 6.08. The van der Waals surface area contributed by atoms with E-state index >= 15 is 0 Å². The molecule has 0 spiro atoms. The highest BCUT2D eigenvalue weighted by molar-refractivity contribution is 6.30. The standard InChI is InChI=1S/C25H26ClN3O2/c1-27-25(31)23-14-19-6-2-3-7-20(19)17-29(23)24(30)15-21(16-28-12-4-5-13-28)18-8-10-22(26)11-9-18/h2-13,21,23H,14-17H2,1H3,(H,27,31). The first kappa shape index (κ1) is 21.2. The molecule has 1 aliphatic rings. The van der Waals surface area contributed by atoms with Crippen LogP contribution < -0.4 is 5.32 Å². The molecule has 160 valence electrons. The summed E-state index contributed by atoms with van der Waals surface area (Å²) in [6.07, 6.45) is 4.84. The lowest BCUT2D eigenvalue weighted by atomic mass is 9.90. The number of carbonyl (C=O) groups excluding carboxylic acids is 2. The number of aromatic nitrogens is 1. The maximum atomic E-state index is 13.5. The van der Waals surface area contributed by atoms with Crippen molar-refractivity contribution in [2.45, 2.75) is 37.9 Å². The summed E-state index contributed by atoms with van der Waals surface area (Å²) in [5, 5.41) is 3.39. The molecule has 0 saturated carbocycles. The number of nitrogens with one attached hydrogen (secondary N) is 1. The van der Waals surface area contributed by atoms with Crippen molar-refractivity contribution in [1.82, 2.24) is 14.8 Å². The van der Waals surface area contributed by atoms with E-state index in [1.54, 1.807) is 11.9 Å². The Morgan fingerprint density at radius 3 is 2.39 bits per heavy atom. The van der Waals surface area contributed by atoms with Gasteiger partial charge in [-0.3, -0.25) is 9.59 Å². The van der Waals surface area contributed by atoms with Crippen molar-refractivity contribution < 1.29 is 9.59 Å². The van der Waals surface area contributed by atoms with Gasteiger partial charge in [0.05, 0.1) is 0 Å². The van der Waals surface area contributed by atoms with Crippen LogP contribution in [0.4, 0.5) is 0 Å². The number of hydrogen-bond acceptors (Lipinski definition) is 2. The zero-order chi connectivity index (χ0) is 21.8. The normalized spacial score (nSPS) is 16.5. The SMILES string of the molecule is CNC(=O)C1Cc2ccccc2CN1C(=O)CC(Cn1cccc1)c1ccc(Cl)cc1. The quantitative estimate of drug-likeness (QED) is 0.636. The van der Waals surface area contributed by atoms with Gasteiger partial charge in [0.2, 0.25) is 11.8 Å². The van der Waals surface area contributed by atoms with Crippen LogP contribution >= 0.6 is 11.6 Å². The molecule has 2 aromatic carbocycles. The van der Waals surface area contributed by atoms with Crippen LogP contribution in [0.1, 0.15) is 29.0 Å². The van der Waals surface area contributed by atoms with Crippen molar-refractivity contribution in [3.63, 3.8) is 0 Å². The summed E-state index contributed by atoms with van der Waals surface area (Å²) in [6, 6.07) is 19.1. The van der Waals surface area contributed by atoms with Crippen molar-refractivity contribution in [1.29, 1.82) is 0 Å². The van der Waals surface area contributed by atoms with Crippen molar-refractivity contribution >= 4 is 23.4 Å². The molecular formula is C25H26ClN3O2. The highest BCUT2D eigenvalue weighted by Gasteiger charge is 2.35. The minimum atomic E-state index is -0.496. The number of hydrogen-bond donors (Lipinski definition) is 1. The Hall–Kier alpha value is -3.05. The predicted octanol–water partition coefficient (Wildman–Crippen LogP) is 4.01. The van der Waals surface area contributed by atoms with E-state index in [0.29, 0.717) is 31.0 Å². The van der Waals surface area contributed by atoms with E-state index < -0.39 is 6.04 Å². The summed E-state index contributed by atoms with van der Waals surface area (Å²) in [6.45, 7) is 1.12. The molecule has 0 radical (unpaired) electrons. The summed E-state index contributed by atoms with van der Waals surface area (Å²) < 4.78 is 2.08. The van der Waals surface area contributed by atoms with Crippen molar-refractivity contribution in [3.8, 4) is 0 Å².